The molecule has 0 radical (unpaired) electrons. The van der Waals surface area contributed by atoms with Gasteiger partial charge in [-0.1, -0.05) is 6.07 Å². The summed E-state index contributed by atoms with van der Waals surface area (Å²) in [6.45, 7) is 1.83. The molecule has 0 amide bonds. The highest BCUT2D eigenvalue weighted by molar-refractivity contribution is 5.85. The Bertz CT molecular complexity index is 480. The monoisotopic (exact) mass is 346 g/mol. The van der Waals surface area contributed by atoms with Crippen LogP contribution in [-0.2, 0) is 0 Å². The van der Waals surface area contributed by atoms with E-state index in [1.807, 2.05) is 4.90 Å². The predicted octanol–water partition coefficient (Wildman–Crippen LogP) is 3.06. The minimum Gasteiger partial charge on any atom is -0.403 e. The number of rotatable bonds is 4. The third-order valence-electron chi connectivity index (χ3n) is 3.30. The van der Waals surface area contributed by atoms with E-state index in [9.17, 15) is 22.0 Å². The van der Waals surface area contributed by atoms with Crippen molar-refractivity contribution >= 4 is 12.4 Å². The highest BCUT2D eigenvalue weighted by Crippen LogP contribution is 2.29. The molecule has 0 aliphatic carbocycles. The van der Waals surface area contributed by atoms with Gasteiger partial charge in [0.15, 0.2) is 11.6 Å². The maximum absolute atomic E-state index is 13.7. The highest BCUT2D eigenvalue weighted by atomic mass is 35.5. The highest BCUT2D eigenvalue weighted by Gasteiger charge is 2.32. The summed E-state index contributed by atoms with van der Waals surface area (Å²) in [5.41, 5.74) is 0.298. The van der Waals surface area contributed by atoms with E-state index in [2.05, 4.69) is 10.1 Å². The smallest absolute Gasteiger partial charge is 0.403 e. The second-order valence-corrected chi connectivity index (χ2v) is 4.69. The van der Waals surface area contributed by atoms with Crippen LogP contribution >= 0.6 is 12.4 Å². The zero-order chi connectivity index (χ0) is 15.5. The Hall–Kier alpha value is -1.12. The van der Waals surface area contributed by atoms with E-state index in [4.69, 9.17) is 0 Å². The Morgan fingerprint density at radius 1 is 1.23 bits per heavy atom. The largest absolute Gasteiger partial charge is 0.573 e. The Balaban J connectivity index is 0.00000242. The standard InChI is InChI=1S/C13H15F5N2O.ClH/c14-8-11(20-5-3-19-4-6-20)9-1-2-12(10(15)7-9)21-13(16,17)18;/h1-2,7,11,19H,3-6,8H2;1H/t11-;/m1./s1. The Kier molecular flexibility index (Phi) is 6.83. The van der Waals surface area contributed by atoms with Gasteiger partial charge in [-0.05, 0) is 17.7 Å². The van der Waals surface area contributed by atoms with Crippen LogP contribution in [0.3, 0.4) is 0 Å². The first-order chi connectivity index (χ1) is 9.90. The number of halogens is 6. The van der Waals surface area contributed by atoms with E-state index >= 15 is 0 Å². The van der Waals surface area contributed by atoms with Crippen molar-refractivity contribution in [2.45, 2.75) is 12.4 Å². The summed E-state index contributed by atoms with van der Waals surface area (Å²) in [5, 5.41) is 3.11. The van der Waals surface area contributed by atoms with E-state index < -0.39 is 30.6 Å². The van der Waals surface area contributed by atoms with Crippen LogP contribution in [0.15, 0.2) is 18.2 Å². The van der Waals surface area contributed by atoms with E-state index in [1.165, 1.54) is 6.07 Å². The maximum atomic E-state index is 13.7. The molecule has 1 aliphatic rings. The van der Waals surface area contributed by atoms with Crippen molar-refractivity contribution in [1.82, 2.24) is 10.2 Å². The van der Waals surface area contributed by atoms with E-state index in [0.29, 0.717) is 31.7 Å². The summed E-state index contributed by atoms with van der Waals surface area (Å²) in [4.78, 5) is 1.83. The first-order valence-electron chi connectivity index (χ1n) is 6.46. The van der Waals surface area contributed by atoms with Crippen molar-refractivity contribution in [2.75, 3.05) is 32.9 Å². The third-order valence-corrected chi connectivity index (χ3v) is 3.30. The first kappa shape index (κ1) is 18.9. The summed E-state index contributed by atoms with van der Waals surface area (Å²) in [7, 11) is 0. The molecule has 0 bridgehead atoms. The van der Waals surface area contributed by atoms with Gasteiger partial charge < -0.3 is 10.1 Å². The lowest BCUT2D eigenvalue weighted by Gasteiger charge is -2.33. The SMILES string of the molecule is Cl.FC[C@H](c1ccc(OC(F)(F)F)c(F)c1)N1CCNCC1. The average molecular weight is 347 g/mol. The van der Waals surface area contributed by atoms with Crippen LogP contribution < -0.4 is 10.1 Å². The van der Waals surface area contributed by atoms with Gasteiger partial charge in [-0.15, -0.1) is 25.6 Å². The number of nitrogens with zero attached hydrogens (tertiary/aromatic N) is 1. The minimum absolute atomic E-state index is 0. The van der Waals surface area contributed by atoms with Crippen LogP contribution in [0.1, 0.15) is 11.6 Å². The quantitative estimate of drug-likeness (QED) is 0.848. The van der Waals surface area contributed by atoms with E-state index in [-0.39, 0.29) is 12.4 Å². The lowest BCUT2D eigenvalue weighted by atomic mass is 10.1. The molecule has 0 spiro atoms. The molecule has 0 unspecified atom stereocenters. The topological polar surface area (TPSA) is 24.5 Å². The lowest BCUT2D eigenvalue weighted by Crippen LogP contribution is -2.45. The maximum Gasteiger partial charge on any atom is 0.573 e. The van der Waals surface area contributed by atoms with Crippen molar-refractivity contribution in [3.05, 3.63) is 29.6 Å². The van der Waals surface area contributed by atoms with Gasteiger partial charge in [-0.3, -0.25) is 4.90 Å². The second-order valence-electron chi connectivity index (χ2n) is 4.69. The summed E-state index contributed by atoms with van der Waals surface area (Å²) < 4.78 is 66.7. The zero-order valence-corrected chi connectivity index (χ0v) is 12.3. The van der Waals surface area contributed by atoms with Crippen molar-refractivity contribution in [1.29, 1.82) is 0 Å². The molecule has 126 valence electrons. The Labute approximate surface area is 130 Å². The van der Waals surface area contributed by atoms with Gasteiger partial charge in [0.25, 0.3) is 0 Å². The molecule has 1 aromatic rings. The molecule has 0 aromatic heterocycles. The number of nitrogens with one attached hydrogen (secondary N) is 1. The van der Waals surface area contributed by atoms with Crippen molar-refractivity contribution < 1.29 is 26.7 Å². The number of hydrogen-bond acceptors (Lipinski definition) is 3. The number of benzene rings is 1. The zero-order valence-electron chi connectivity index (χ0n) is 11.5. The van der Waals surface area contributed by atoms with Gasteiger partial charge >= 0.3 is 6.36 Å². The molecule has 2 rings (SSSR count). The van der Waals surface area contributed by atoms with Gasteiger partial charge in [-0.2, -0.15) is 0 Å². The Morgan fingerprint density at radius 3 is 2.36 bits per heavy atom. The van der Waals surface area contributed by atoms with Crippen LogP contribution in [-0.4, -0.2) is 44.1 Å². The minimum atomic E-state index is -4.96. The summed E-state index contributed by atoms with van der Waals surface area (Å²) in [6.07, 6.45) is -4.96. The van der Waals surface area contributed by atoms with E-state index in [0.717, 1.165) is 12.1 Å². The molecule has 1 saturated heterocycles. The van der Waals surface area contributed by atoms with E-state index in [1.54, 1.807) is 0 Å². The molecular formula is C13H16ClF5N2O. The fourth-order valence-electron chi connectivity index (χ4n) is 2.32. The molecule has 1 fully saturated rings. The molecular weight excluding hydrogens is 331 g/mol. The number of alkyl halides is 4. The van der Waals surface area contributed by atoms with Gasteiger partial charge in [0.1, 0.15) is 6.67 Å². The van der Waals surface area contributed by atoms with Gasteiger partial charge in [-0.25, -0.2) is 8.78 Å². The van der Waals surface area contributed by atoms with Crippen LogP contribution in [0.2, 0.25) is 0 Å². The lowest BCUT2D eigenvalue weighted by molar-refractivity contribution is -0.275. The molecule has 1 atom stereocenters. The fourth-order valence-corrected chi connectivity index (χ4v) is 2.32. The molecule has 1 aromatic carbocycles. The molecule has 1 heterocycles. The van der Waals surface area contributed by atoms with Crippen LogP contribution in [0.25, 0.3) is 0 Å². The van der Waals surface area contributed by atoms with Crippen molar-refractivity contribution in [3.63, 3.8) is 0 Å². The second kappa shape index (κ2) is 7.94. The van der Waals surface area contributed by atoms with Crippen LogP contribution in [0, 0.1) is 5.82 Å². The molecule has 9 heteroatoms. The normalized spacial score (nSPS) is 17.7. The van der Waals surface area contributed by atoms with Crippen molar-refractivity contribution in [2.24, 2.45) is 0 Å². The molecule has 1 aliphatic heterocycles. The average Bonchev–Trinajstić information content (AvgIpc) is 2.42. The molecule has 0 saturated carbocycles. The third kappa shape index (κ3) is 4.96. The fraction of sp³-hybridized carbons (Fsp3) is 0.538. The molecule has 1 N–H and O–H groups in total. The number of hydrogen-bond donors (Lipinski definition) is 1. The van der Waals surface area contributed by atoms with Crippen molar-refractivity contribution in [3.8, 4) is 5.75 Å². The Morgan fingerprint density at radius 2 is 1.86 bits per heavy atom. The van der Waals surface area contributed by atoms with Gasteiger partial charge in [0, 0.05) is 26.2 Å². The summed E-state index contributed by atoms with van der Waals surface area (Å²) in [6, 6.07) is 2.37. The summed E-state index contributed by atoms with van der Waals surface area (Å²) >= 11 is 0. The predicted molar refractivity (Wildman–Crippen MR) is 73.5 cm³/mol. The number of ether oxygens (including phenoxy) is 1. The van der Waals surface area contributed by atoms with Gasteiger partial charge in [0.2, 0.25) is 0 Å². The molecule has 3 nitrogen and oxygen atoms in total. The summed E-state index contributed by atoms with van der Waals surface area (Å²) in [5.74, 6) is -2.07. The van der Waals surface area contributed by atoms with Crippen LogP contribution in [0.4, 0.5) is 22.0 Å². The number of piperazine rings is 1. The van der Waals surface area contributed by atoms with Gasteiger partial charge in [0.05, 0.1) is 6.04 Å². The first-order valence-corrected chi connectivity index (χ1v) is 6.46. The van der Waals surface area contributed by atoms with Crippen LogP contribution in [0.5, 0.6) is 5.75 Å². The molecule has 22 heavy (non-hydrogen) atoms.